The smallest absolute Gasteiger partial charge is 0.0471 e. The van der Waals surface area contributed by atoms with Gasteiger partial charge in [0.25, 0.3) is 0 Å². The molecule has 0 saturated carbocycles. The fourth-order valence-corrected chi connectivity index (χ4v) is 2.81. The Hall–Kier alpha value is 0.270. The number of hydrogen-bond donors (Lipinski definition) is 2. The summed E-state index contributed by atoms with van der Waals surface area (Å²) in [5.74, 6) is 2.09. The molecular weight excluding hydrogens is 206 g/mol. The van der Waals surface area contributed by atoms with Gasteiger partial charge in [-0.15, -0.1) is 0 Å². The molecule has 1 saturated heterocycles. The summed E-state index contributed by atoms with van der Waals surface area (Å²) < 4.78 is 0. The molecule has 0 spiro atoms. The van der Waals surface area contributed by atoms with E-state index in [1.54, 1.807) is 0 Å². The summed E-state index contributed by atoms with van der Waals surface area (Å²) in [7, 11) is 0. The Morgan fingerprint density at radius 2 is 2.13 bits per heavy atom. The van der Waals surface area contributed by atoms with Gasteiger partial charge in [0.15, 0.2) is 0 Å². The highest BCUT2D eigenvalue weighted by molar-refractivity contribution is 7.80. The molecule has 0 aromatic carbocycles. The fraction of sp³-hybridized carbons (Fsp3) is 1.00. The van der Waals surface area contributed by atoms with Gasteiger partial charge in [-0.1, -0.05) is 20.8 Å². The molecule has 0 aliphatic carbocycles. The van der Waals surface area contributed by atoms with E-state index >= 15 is 0 Å². The van der Waals surface area contributed by atoms with E-state index in [0.717, 1.165) is 31.8 Å². The summed E-state index contributed by atoms with van der Waals surface area (Å²) in [5.41, 5.74) is 0.332. The van der Waals surface area contributed by atoms with E-state index in [1.807, 2.05) is 0 Å². The maximum Gasteiger partial charge on any atom is 0.0471 e. The maximum atomic E-state index is 9.09. The lowest BCUT2D eigenvalue weighted by Crippen LogP contribution is -2.35. The van der Waals surface area contributed by atoms with E-state index in [4.69, 9.17) is 5.11 Å². The van der Waals surface area contributed by atoms with Gasteiger partial charge in [-0.3, -0.25) is 0 Å². The number of nitrogens with zero attached hydrogens (tertiary/aromatic N) is 1. The molecule has 3 heteroatoms. The van der Waals surface area contributed by atoms with Crippen molar-refractivity contribution >= 4 is 12.6 Å². The third kappa shape index (κ3) is 3.97. The molecule has 1 N–H and O–H groups in total. The van der Waals surface area contributed by atoms with Gasteiger partial charge >= 0.3 is 0 Å². The maximum absolute atomic E-state index is 9.09. The predicted octanol–water partition coefficient (Wildman–Crippen LogP) is 1.89. The van der Waals surface area contributed by atoms with E-state index in [9.17, 15) is 0 Å². The first-order valence-corrected chi connectivity index (χ1v) is 6.54. The standard InChI is InChI=1S/C12H25NOS/c1-12(2,3)11(9-15)7-13-5-4-10(6-13)8-14/h10-11,14-15H,4-9H2,1-3H3. The minimum Gasteiger partial charge on any atom is -0.396 e. The van der Waals surface area contributed by atoms with Crippen LogP contribution in [0.5, 0.6) is 0 Å². The van der Waals surface area contributed by atoms with Crippen LogP contribution in [0.2, 0.25) is 0 Å². The topological polar surface area (TPSA) is 23.5 Å². The molecule has 15 heavy (non-hydrogen) atoms. The Balaban J connectivity index is 2.40. The molecule has 1 fully saturated rings. The van der Waals surface area contributed by atoms with Crippen LogP contribution in [0.3, 0.4) is 0 Å². The Morgan fingerprint density at radius 3 is 2.53 bits per heavy atom. The van der Waals surface area contributed by atoms with Crippen molar-refractivity contribution in [2.45, 2.75) is 27.2 Å². The number of aliphatic hydroxyl groups is 1. The first-order chi connectivity index (χ1) is 6.97. The Bertz CT molecular complexity index is 191. The normalized spacial score (nSPS) is 25.8. The first-order valence-electron chi connectivity index (χ1n) is 5.91. The molecule has 0 bridgehead atoms. The van der Waals surface area contributed by atoms with Crippen LogP contribution >= 0.6 is 12.6 Å². The van der Waals surface area contributed by atoms with E-state index in [0.29, 0.717) is 23.9 Å². The zero-order valence-corrected chi connectivity index (χ0v) is 11.1. The van der Waals surface area contributed by atoms with Gasteiger partial charge in [0, 0.05) is 19.7 Å². The highest BCUT2D eigenvalue weighted by atomic mass is 32.1. The molecular formula is C12H25NOS. The van der Waals surface area contributed by atoms with Crippen LogP contribution < -0.4 is 0 Å². The molecule has 1 aliphatic rings. The van der Waals surface area contributed by atoms with Crippen LogP contribution in [0, 0.1) is 17.3 Å². The zero-order chi connectivity index (χ0) is 11.5. The quantitative estimate of drug-likeness (QED) is 0.722. The number of hydrogen-bond acceptors (Lipinski definition) is 3. The molecule has 2 unspecified atom stereocenters. The van der Waals surface area contributed by atoms with Crippen LogP contribution in [0.4, 0.5) is 0 Å². The molecule has 0 amide bonds. The predicted molar refractivity (Wildman–Crippen MR) is 68.4 cm³/mol. The highest BCUT2D eigenvalue weighted by Gasteiger charge is 2.29. The van der Waals surface area contributed by atoms with Gasteiger partial charge in [0.05, 0.1) is 0 Å². The third-order valence-electron chi connectivity index (χ3n) is 3.55. The summed E-state index contributed by atoms with van der Waals surface area (Å²) in [6.45, 7) is 10.5. The average molecular weight is 231 g/mol. The van der Waals surface area contributed by atoms with Crippen LogP contribution in [-0.4, -0.2) is 42.0 Å². The molecule has 90 valence electrons. The van der Waals surface area contributed by atoms with Crippen molar-refractivity contribution in [3.05, 3.63) is 0 Å². The second kappa shape index (κ2) is 5.55. The lowest BCUT2D eigenvalue weighted by Gasteiger charge is -2.33. The zero-order valence-electron chi connectivity index (χ0n) is 10.2. The van der Waals surface area contributed by atoms with Gasteiger partial charge in [-0.25, -0.2) is 0 Å². The number of thiol groups is 1. The highest BCUT2D eigenvalue weighted by Crippen LogP contribution is 2.29. The minimum atomic E-state index is 0.332. The number of aliphatic hydroxyl groups excluding tert-OH is 1. The second-order valence-corrected chi connectivity index (χ2v) is 6.21. The Labute approximate surface area is 99.5 Å². The van der Waals surface area contributed by atoms with Crippen molar-refractivity contribution < 1.29 is 5.11 Å². The second-order valence-electron chi connectivity index (χ2n) is 5.84. The van der Waals surface area contributed by atoms with Crippen LogP contribution in [0.25, 0.3) is 0 Å². The van der Waals surface area contributed by atoms with E-state index < -0.39 is 0 Å². The summed E-state index contributed by atoms with van der Waals surface area (Å²) >= 11 is 4.45. The van der Waals surface area contributed by atoms with Gasteiger partial charge < -0.3 is 10.0 Å². The molecule has 1 heterocycles. The molecule has 0 aromatic rings. The van der Waals surface area contributed by atoms with Crippen LogP contribution in [0.1, 0.15) is 27.2 Å². The van der Waals surface area contributed by atoms with Crippen LogP contribution in [-0.2, 0) is 0 Å². The summed E-state index contributed by atoms with van der Waals surface area (Å²) in [6, 6.07) is 0. The number of likely N-dealkylation sites (tertiary alicyclic amines) is 1. The van der Waals surface area contributed by atoms with Crippen LogP contribution in [0.15, 0.2) is 0 Å². The van der Waals surface area contributed by atoms with Crippen molar-refractivity contribution in [1.82, 2.24) is 4.90 Å². The molecule has 2 nitrogen and oxygen atoms in total. The SMILES string of the molecule is CC(C)(C)C(CS)CN1CCC(CO)C1. The van der Waals surface area contributed by atoms with Crippen molar-refractivity contribution in [3.8, 4) is 0 Å². The lowest BCUT2D eigenvalue weighted by atomic mass is 9.81. The molecule has 0 radical (unpaired) electrons. The third-order valence-corrected chi connectivity index (χ3v) is 3.99. The monoisotopic (exact) mass is 231 g/mol. The van der Waals surface area contributed by atoms with E-state index in [2.05, 4.69) is 38.3 Å². The fourth-order valence-electron chi connectivity index (χ4n) is 2.14. The summed E-state index contributed by atoms with van der Waals surface area (Å²) in [5, 5.41) is 9.09. The minimum absolute atomic E-state index is 0.332. The van der Waals surface area contributed by atoms with Gasteiger partial charge in [0.1, 0.15) is 0 Å². The van der Waals surface area contributed by atoms with Gasteiger partial charge in [-0.05, 0) is 36.0 Å². The Kier molecular flexibility index (Phi) is 4.94. The van der Waals surface area contributed by atoms with Crippen molar-refractivity contribution in [2.24, 2.45) is 17.3 Å². The molecule has 1 rings (SSSR count). The summed E-state index contributed by atoms with van der Waals surface area (Å²) in [4.78, 5) is 2.48. The first kappa shape index (κ1) is 13.3. The van der Waals surface area contributed by atoms with Gasteiger partial charge in [0.2, 0.25) is 0 Å². The van der Waals surface area contributed by atoms with E-state index in [-0.39, 0.29) is 0 Å². The number of rotatable bonds is 4. The Morgan fingerprint density at radius 1 is 1.47 bits per heavy atom. The van der Waals surface area contributed by atoms with Crippen molar-refractivity contribution in [3.63, 3.8) is 0 Å². The van der Waals surface area contributed by atoms with Crippen molar-refractivity contribution in [1.29, 1.82) is 0 Å². The van der Waals surface area contributed by atoms with Crippen molar-refractivity contribution in [2.75, 3.05) is 32.0 Å². The summed E-state index contributed by atoms with van der Waals surface area (Å²) in [6.07, 6.45) is 1.15. The molecule has 2 atom stereocenters. The lowest BCUT2D eigenvalue weighted by molar-refractivity contribution is 0.173. The van der Waals surface area contributed by atoms with E-state index in [1.165, 1.54) is 0 Å². The largest absolute Gasteiger partial charge is 0.396 e. The molecule has 0 aromatic heterocycles. The molecule has 1 aliphatic heterocycles. The average Bonchev–Trinajstić information content (AvgIpc) is 2.59. The van der Waals surface area contributed by atoms with Gasteiger partial charge in [-0.2, -0.15) is 12.6 Å².